The van der Waals surface area contributed by atoms with Crippen LogP contribution in [0.2, 0.25) is 10.0 Å². The van der Waals surface area contributed by atoms with Gasteiger partial charge in [0.1, 0.15) is 11.9 Å². The highest BCUT2D eigenvalue weighted by Gasteiger charge is 2.64. The number of nitrogens with one attached hydrogen (secondary N) is 1. The van der Waals surface area contributed by atoms with E-state index in [-0.39, 0.29) is 49.9 Å². The quantitative estimate of drug-likeness (QED) is 0.583. The van der Waals surface area contributed by atoms with Crippen LogP contribution >= 0.6 is 23.2 Å². The number of benzene rings is 1. The van der Waals surface area contributed by atoms with Crippen LogP contribution in [-0.2, 0) is 10.3 Å². The van der Waals surface area contributed by atoms with E-state index in [1.54, 1.807) is 0 Å². The topological polar surface area (TPSA) is 48.2 Å². The van der Waals surface area contributed by atoms with Crippen molar-refractivity contribution < 1.29 is 22.6 Å². The SMILES string of the molecule is [O-][n+]1cc(Cl)cc2c1Nc1ccc(Cl)cc1C2(OCC1CC1)C(F)(F)F. The van der Waals surface area contributed by atoms with Crippen molar-refractivity contribution in [2.45, 2.75) is 24.6 Å². The molecule has 1 unspecified atom stereocenters. The first-order chi connectivity index (χ1) is 12.2. The number of hydrogen-bond donors (Lipinski definition) is 1. The Morgan fingerprint density at radius 2 is 1.88 bits per heavy atom. The molecule has 2 aromatic rings. The average Bonchev–Trinajstić information content (AvgIpc) is 3.35. The molecule has 1 aliphatic heterocycles. The first kappa shape index (κ1) is 17.7. The highest BCUT2D eigenvalue weighted by molar-refractivity contribution is 6.31. The molecule has 2 heterocycles. The molecule has 0 spiro atoms. The Balaban J connectivity index is 2.02. The smallest absolute Gasteiger partial charge is 0.426 e. The molecule has 138 valence electrons. The van der Waals surface area contributed by atoms with Crippen molar-refractivity contribution in [3.8, 4) is 0 Å². The van der Waals surface area contributed by atoms with Crippen LogP contribution in [0.25, 0.3) is 0 Å². The van der Waals surface area contributed by atoms with Gasteiger partial charge in [-0.15, -0.1) is 0 Å². The zero-order valence-electron chi connectivity index (χ0n) is 13.2. The van der Waals surface area contributed by atoms with Gasteiger partial charge in [-0.2, -0.15) is 13.2 Å². The van der Waals surface area contributed by atoms with E-state index in [0.29, 0.717) is 0 Å². The fourth-order valence-corrected chi connectivity index (χ4v) is 3.56. The number of anilines is 2. The third-order valence-electron chi connectivity index (χ3n) is 4.62. The van der Waals surface area contributed by atoms with Gasteiger partial charge in [0.15, 0.2) is 0 Å². The Morgan fingerprint density at radius 1 is 1.19 bits per heavy atom. The van der Waals surface area contributed by atoms with E-state index >= 15 is 0 Å². The third kappa shape index (κ3) is 2.69. The van der Waals surface area contributed by atoms with Gasteiger partial charge in [-0.3, -0.25) is 0 Å². The summed E-state index contributed by atoms with van der Waals surface area (Å²) in [6.07, 6.45) is -2.21. The van der Waals surface area contributed by atoms with E-state index in [9.17, 15) is 18.4 Å². The van der Waals surface area contributed by atoms with Crippen LogP contribution in [0.4, 0.5) is 24.7 Å². The van der Waals surface area contributed by atoms with Gasteiger partial charge in [-0.05, 0) is 43.0 Å². The predicted molar refractivity (Wildman–Crippen MR) is 90.7 cm³/mol. The Labute approximate surface area is 157 Å². The largest absolute Gasteiger partial charge is 0.711 e. The summed E-state index contributed by atoms with van der Waals surface area (Å²) in [5, 5.41) is 15.0. The first-order valence-corrected chi connectivity index (χ1v) is 8.69. The van der Waals surface area contributed by atoms with Crippen LogP contribution in [0.5, 0.6) is 0 Å². The maximum Gasteiger partial charge on any atom is 0.426 e. The summed E-state index contributed by atoms with van der Waals surface area (Å²) in [7, 11) is 0. The van der Waals surface area contributed by atoms with Crippen LogP contribution in [0.3, 0.4) is 0 Å². The summed E-state index contributed by atoms with van der Waals surface area (Å²) in [6.45, 7) is -0.0731. The summed E-state index contributed by atoms with van der Waals surface area (Å²) in [5.74, 6) is -0.189. The van der Waals surface area contributed by atoms with Gasteiger partial charge in [-0.1, -0.05) is 23.2 Å². The Morgan fingerprint density at radius 3 is 2.54 bits per heavy atom. The molecule has 1 N–H and O–H groups in total. The third-order valence-corrected chi connectivity index (χ3v) is 5.07. The molecule has 4 nitrogen and oxygen atoms in total. The van der Waals surface area contributed by atoms with Crippen LogP contribution < -0.4 is 10.0 Å². The number of pyridine rings is 1. The minimum Gasteiger partial charge on any atom is -0.711 e. The zero-order valence-corrected chi connectivity index (χ0v) is 14.8. The van der Waals surface area contributed by atoms with Gasteiger partial charge in [0.05, 0.1) is 17.2 Å². The lowest BCUT2D eigenvalue weighted by Crippen LogP contribution is -2.51. The second-order valence-corrected chi connectivity index (χ2v) is 7.37. The number of hydrogen-bond acceptors (Lipinski definition) is 3. The number of fused-ring (bicyclic) bond motifs is 2. The number of rotatable bonds is 3. The maximum absolute atomic E-state index is 14.5. The molecule has 1 fully saturated rings. The molecule has 1 atom stereocenters. The minimum absolute atomic E-state index is 0.0731. The van der Waals surface area contributed by atoms with E-state index < -0.39 is 11.8 Å². The number of ether oxygens (including phenoxy) is 1. The fourth-order valence-electron chi connectivity index (χ4n) is 3.19. The summed E-state index contributed by atoms with van der Waals surface area (Å²) in [4.78, 5) is 0. The van der Waals surface area contributed by atoms with Gasteiger partial charge in [0.25, 0.3) is 5.82 Å². The number of alkyl halides is 3. The van der Waals surface area contributed by atoms with Crippen molar-refractivity contribution in [1.82, 2.24) is 0 Å². The molecule has 1 saturated carbocycles. The van der Waals surface area contributed by atoms with Crippen LogP contribution in [0.1, 0.15) is 24.0 Å². The Bertz CT molecular complexity index is 887. The second kappa shape index (κ2) is 5.90. The van der Waals surface area contributed by atoms with Crippen molar-refractivity contribution in [2.75, 3.05) is 11.9 Å². The van der Waals surface area contributed by atoms with Crippen molar-refractivity contribution in [3.05, 3.63) is 56.8 Å². The predicted octanol–water partition coefficient (Wildman–Crippen LogP) is 4.92. The number of nitrogens with zero attached hydrogens (tertiary/aromatic N) is 1. The lowest BCUT2D eigenvalue weighted by Gasteiger charge is -2.40. The lowest BCUT2D eigenvalue weighted by atomic mass is 9.81. The summed E-state index contributed by atoms with van der Waals surface area (Å²) in [5.41, 5.74) is -3.27. The minimum atomic E-state index is -4.84. The summed E-state index contributed by atoms with van der Waals surface area (Å²) >= 11 is 11.9. The zero-order chi connectivity index (χ0) is 18.7. The van der Waals surface area contributed by atoms with Crippen LogP contribution in [-0.4, -0.2) is 12.8 Å². The molecule has 9 heteroatoms. The van der Waals surface area contributed by atoms with Crippen LogP contribution in [0, 0.1) is 11.1 Å². The normalized spacial score (nSPS) is 21.7. The van der Waals surface area contributed by atoms with E-state index in [1.807, 2.05) is 0 Å². The van der Waals surface area contributed by atoms with Crippen molar-refractivity contribution >= 4 is 34.7 Å². The van der Waals surface area contributed by atoms with E-state index in [2.05, 4.69) is 5.32 Å². The Kier molecular flexibility index (Phi) is 4.02. The van der Waals surface area contributed by atoms with Gasteiger partial charge in [0, 0.05) is 10.6 Å². The van der Waals surface area contributed by atoms with Gasteiger partial charge >= 0.3 is 6.18 Å². The molecule has 0 saturated heterocycles. The standard InChI is InChI=1S/C17H13Cl2F3N2O2/c18-10-3-4-14-12(5-10)16(17(20,21)22,26-8-9-1-2-9)13-6-11(19)7-24(25)15(13)23-14/h3-7,9,23H,1-2,8H2. The molecule has 0 bridgehead atoms. The fraction of sp³-hybridized carbons (Fsp3) is 0.353. The van der Waals surface area contributed by atoms with E-state index in [0.717, 1.165) is 25.1 Å². The van der Waals surface area contributed by atoms with Gasteiger partial charge in [0.2, 0.25) is 5.60 Å². The molecular weight excluding hydrogens is 392 g/mol. The highest BCUT2D eigenvalue weighted by Crippen LogP contribution is 2.55. The number of aromatic nitrogens is 1. The summed E-state index contributed by atoms with van der Waals surface area (Å²) < 4.78 is 49.2. The van der Waals surface area contributed by atoms with E-state index in [1.165, 1.54) is 18.2 Å². The van der Waals surface area contributed by atoms with Gasteiger partial charge in [-0.25, -0.2) is 10.0 Å². The maximum atomic E-state index is 14.5. The summed E-state index contributed by atoms with van der Waals surface area (Å²) in [6, 6.07) is 5.17. The van der Waals surface area contributed by atoms with Crippen LogP contribution in [0.15, 0.2) is 30.5 Å². The molecule has 2 aliphatic rings. The molecule has 26 heavy (non-hydrogen) atoms. The van der Waals surface area contributed by atoms with E-state index in [4.69, 9.17) is 27.9 Å². The van der Waals surface area contributed by atoms with Crippen molar-refractivity contribution in [1.29, 1.82) is 0 Å². The molecule has 4 rings (SSSR count). The molecule has 0 amide bonds. The van der Waals surface area contributed by atoms with Crippen molar-refractivity contribution in [3.63, 3.8) is 0 Å². The first-order valence-electron chi connectivity index (χ1n) is 7.93. The molecule has 1 aromatic carbocycles. The lowest BCUT2D eigenvalue weighted by molar-refractivity contribution is -0.591. The molecule has 1 aliphatic carbocycles. The highest BCUT2D eigenvalue weighted by atomic mass is 35.5. The number of halogens is 5. The second-order valence-electron chi connectivity index (χ2n) is 6.49. The average molecular weight is 405 g/mol. The van der Waals surface area contributed by atoms with Crippen molar-refractivity contribution in [2.24, 2.45) is 5.92 Å². The van der Waals surface area contributed by atoms with Gasteiger partial charge < -0.3 is 9.94 Å². The molecule has 1 aromatic heterocycles. The Hall–Kier alpha value is -1.70. The molecular formula is C17H13Cl2F3N2O2. The monoisotopic (exact) mass is 404 g/mol. The molecule has 0 radical (unpaired) electrons.